The van der Waals surface area contributed by atoms with Crippen LogP contribution < -0.4 is 0 Å². The maximum Gasteiger partial charge on any atom is -0.0168 e. The second-order valence-electron chi connectivity index (χ2n) is 3.66. The fourth-order valence-electron chi connectivity index (χ4n) is 1.62. The molecule has 0 N–H and O–H groups in total. The molecule has 0 aromatic heterocycles. The summed E-state index contributed by atoms with van der Waals surface area (Å²) in [6.45, 7) is 10.8. The Morgan fingerprint density at radius 1 is 1.15 bits per heavy atom. The van der Waals surface area contributed by atoms with E-state index >= 15 is 0 Å². The fourth-order valence-corrected chi connectivity index (χ4v) is 1.62. The lowest BCUT2D eigenvalue weighted by molar-refractivity contribution is 0.513. The van der Waals surface area contributed by atoms with E-state index in [-0.39, 0.29) is 0 Å². The Kier molecular flexibility index (Phi) is 7.77. The monoisotopic (exact) mass is 180 g/mol. The minimum Gasteiger partial charge on any atom is -0.0956 e. The zero-order valence-corrected chi connectivity index (χ0v) is 9.47. The minimum atomic E-state index is 0.720. The predicted octanol–water partition coefficient (Wildman–Crippen LogP) is 4.73. The summed E-state index contributed by atoms with van der Waals surface area (Å²) < 4.78 is 0. The molecule has 0 heterocycles. The minimum absolute atomic E-state index is 0.720. The predicted molar refractivity (Wildman–Crippen MR) is 61.9 cm³/mol. The zero-order chi connectivity index (χ0) is 10.1. The molecule has 0 radical (unpaired) electrons. The van der Waals surface area contributed by atoms with Gasteiger partial charge in [0.1, 0.15) is 0 Å². The van der Waals surface area contributed by atoms with Crippen LogP contribution in [0.1, 0.15) is 52.9 Å². The van der Waals surface area contributed by atoms with Crippen molar-refractivity contribution in [3.05, 3.63) is 24.3 Å². The van der Waals surface area contributed by atoms with Crippen LogP contribution in [0.3, 0.4) is 0 Å². The van der Waals surface area contributed by atoms with E-state index in [2.05, 4.69) is 39.5 Å². The maximum absolute atomic E-state index is 4.14. The normalized spacial score (nSPS) is 11.4. The molecule has 0 aromatic rings. The molecule has 0 bridgehead atoms. The van der Waals surface area contributed by atoms with Crippen LogP contribution in [0.25, 0.3) is 0 Å². The van der Waals surface area contributed by atoms with Crippen molar-refractivity contribution in [3.8, 4) is 0 Å². The van der Waals surface area contributed by atoms with Crippen LogP contribution in [0, 0.1) is 5.92 Å². The largest absolute Gasteiger partial charge is 0.0956 e. The number of allylic oxidation sites excluding steroid dienone is 3. The van der Waals surface area contributed by atoms with Gasteiger partial charge >= 0.3 is 0 Å². The van der Waals surface area contributed by atoms with Gasteiger partial charge in [-0.3, -0.25) is 0 Å². The van der Waals surface area contributed by atoms with Crippen molar-refractivity contribution >= 4 is 0 Å². The van der Waals surface area contributed by atoms with E-state index in [9.17, 15) is 0 Å². The number of hydrogen-bond acceptors (Lipinski definition) is 0. The van der Waals surface area contributed by atoms with E-state index in [1.54, 1.807) is 0 Å². The average Bonchev–Trinajstić information content (AvgIpc) is 2.14. The lowest BCUT2D eigenvalue weighted by atomic mass is 9.91. The van der Waals surface area contributed by atoms with Crippen LogP contribution in [0.4, 0.5) is 0 Å². The third kappa shape index (κ3) is 5.68. The SMILES string of the molecule is C=C(/C=C\CC)C(CCC)CCC. The van der Waals surface area contributed by atoms with Crippen molar-refractivity contribution in [3.63, 3.8) is 0 Å². The van der Waals surface area contributed by atoms with Gasteiger partial charge in [0.15, 0.2) is 0 Å². The first-order chi connectivity index (χ1) is 6.26. The molecule has 0 rings (SSSR count). The molecule has 0 aliphatic carbocycles. The summed E-state index contributed by atoms with van der Waals surface area (Å²) in [6.07, 6.45) is 10.6. The van der Waals surface area contributed by atoms with Crippen molar-refractivity contribution in [1.29, 1.82) is 0 Å². The summed E-state index contributed by atoms with van der Waals surface area (Å²) in [4.78, 5) is 0. The van der Waals surface area contributed by atoms with Crippen LogP contribution >= 0.6 is 0 Å². The Bertz CT molecular complexity index is 147. The smallest absolute Gasteiger partial charge is 0.0168 e. The Morgan fingerprint density at radius 3 is 2.08 bits per heavy atom. The summed E-state index contributed by atoms with van der Waals surface area (Å²) >= 11 is 0. The first-order valence-corrected chi connectivity index (χ1v) is 5.61. The highest BCUT2D eigenvalue weighted by Crippen LogP contribution is 2.22. The number of hydrogen-bond donors (Lipinski definition) is 0. The van der Waals surface area contributed by atoms with Gasteiger partial charge in [0.05, 0.1) is 0 Å². The maximum atomic E-state index is 4.14. The first-order valence-electron chi connectivity index (χ1n) is 5.61. The second-order valence-corrected chi connectivity index (χ2v) is 3.66. The van der Waals surface area contributed by atoms with Crippen molar-refractivity contribution in [1.82, 2.24) is 0 Å². The number of rotatable bonds is 7. The van der Waals surface area contributed by atoms with Gasteiger partial charge in [-0.1, -0.05) is 57.9 Å². The molecule has 0 aliphatic rings. The van der Waals surface area contributed by atoms with Gasteiger partial charge in [-0.05, 0) is 25.2 Å². The Hall–Kier alpha value is -0.520. The van der Waals surface area contributed by atoms with Crippen LogP contribution in [-0.4, -0.2) is 0 Å². The van der Waals surface area contributed by atoms with E-state index in [0.29, 0.717) is 0 Å². The van der Waals surface area contributed by atoms with Gasteiger partial charge in [0.25, 0.3) is 0 Å². The van der Waals surface area contributed by atoms with Gasteiger partial charge in [-0.15, -0.1) is 0 Å². The van der Waals surface area contributed by atoms with Crippen LogP contribution in [0.5, 0.6) is 0 Å². The fraction of sp³-hybridized carbons (Fsp3) is 0.692. The highest BCUT2D eigenvalue weighted by molar-refractivity contribution is 5.17. The first kappa shape index (κ1) is 12.5. The summed E-state index contributed by atoms with van der Waals surface area (Å²) in [6, 6.07) is 0. The van der Waals surface area contributed by atoms with Crippen molar-refractivity contribution < 1.29 is 0 Å². The molecule has 0 amide bonds. The molecule has 13 heavy (non-hydrogen) atoms. The highest BCUT2D eigenvalue weighted by Gasteiger charge is 2.07. The molecule has 0 atom stereocenters. The van der Waals surface area contributed by atoms with Gasteiger partial charge in [-0.2, -0.15) is 0 Å². The third-order valence-corrected chi connectivity index (χ3v) is 2.37. The molecule has 0 nitrogen and oxygen atoms in total. The Labute approximate surface area is 83.7 Å². The third-order valence-electron chi connectivity index (χ3n) is 2.37. The molecule has 0 aromatic carbocycles. The topological polar surface area (TPSA) is 0 Å². The lowest BCUT2D eigenvalue weighted by Gasteiger charge is -2.15. The van der Waals surface area contributed by atoms with E-state index in [0.717, 1.165) is 12.3 Å². The quantitative estimate of drug-likeness (QED) is 0.497. The second kappa shape index (κ2) is 8.10. The van der Waals surface area contributed by atoms with E-state index in [1.165, 1.54) is 31.3 Å². The average molecular weight is 180 g/mol. The van der Waals surface area contributed by atoms with Crippen LogP contribution in [0.2, 0.25) is 0 Å². The summed E-state index contributed by atoms with van der Waals surface area (Å²) in [7, 11) is 0. The lowest BCUT2D eigenvalue weighted by Crippen LogP contribution is -2.00. The van der Waals surface area contributed by atoms with E-state index < -0.39 is 0 Å². The zero-order valence-electron chi connectivity index (χ0n) is 9.47. The standard InChI is InChI=1S/C13H24/c1-5-8-11-12(4)13(9-6-2)10-7-3/h8,11,13H,4-7,9-10H2,1-3H3/b11-8-. The molecule has 0 unspecified atom stereocenters. The summed E-state index contributed by atoms with van der Waals surface area (Å²) in [5, 5.41) is 0. The molecule has 0 heteroatoms. The van der Waals surface area contributed by atoms with Gasteiger partial charge in [0, 0.05) is 0 Å². The van der Waals surface area contributed by atoms with E-state index in [4.69, 9.17) is 0 Å². The molecule has 76 valence electrons. The molecule has 0 spiro atoms. The summed E-state index contributed by atoms with van der Waals surface area (Å²) in [5.74, 6) is 0.720. The van der Waals surface area contributed by atoms with Crippen molar-refractivity contribution in [2.24, 2.45) is 5.92 Å². The van der Waals surface area contributed by atoms with Crippen molar-refractivity contribution in [2.45, 2.75) is 52.9 Å². The molecule has 0 aliphatic heterocycles. The van der Waals surface area contributed by atoms with Crippen LogP contribution in [-0.2, 0) is 0 Å². The highest BCUT2D eigenvalue weighted by atomic mass is 14.1. The molecule has 0 fully saturated rings. The molecular formula is C13H24. The molecule has 0 saturated carbocycles. The van der Waals surface area contributed by atoms with Crippen LogP contribution in [0.15, 0.2) is 24.3 Å². The van der Waals surface area contributed by atoms with Gasteiger partial charge in [-0.25, -0.2) is 0 Å². The van der Waals surface area contributed by atoms with Crippen molar-refractivity contribution in [2.75, 3.05) is 0 Å². The summed E-state index contributed by atoms with van der Waals surface area (Å²) in [5.41, 5.74) is 1.32. The Balaban J connectivity index is 4.02. The van der Waals surface area contributed by atoms with Gasteiger partial charge < -0.3 is 0 Å². The Morgan fingerprint density at radius 2 is 1.69 bits per heavy atom. The molecular weight excluding hydrogens is 156 g/mol. The van der Waals surface area contributed by atoms with E-state index in [1.807, 2.05) is 0 Å². The van der Waals surface area contributed by atoms with Gasteiger partial charge in [0.2, 0.25) is 0 Å². The molecule has 0 saturated heterocycles.